The second-order valence-electron chi connectivity index (χ2n) is 7.73. The Labute approximate surface area is 205 Å². The van der Waals surface area contributed by atoms with Gasteiger partial charge in [-0.2, -0.15) is 0 Å². The molecule has 0 unspecified atom stereocenters. The highest BCUT2D eigenvalue weighted by atomic mass is 16.5. The van der Waals surface area contributed by atoms with Crippen LogP contribution in [0, 0.1) is 20.8 Å². The van der Waals surface area contributed by atoms with E-state index >= 15 is 0 Å². The quantitative estimate of drug-likeness (QED) is 0.259. The molecule has 0 saturated carbocycles. The maximum atomic E-state index is 6.20. The van der Waals surface area contributed by atoms with Crippen LogP contribution in [0.2, 0.25) is 0 Å². The highest BCUT2D eigenvalue weighted by Crippen LogP contribution is 2.35. The van der Waals surface area contributed by atoms with Crippen molar-refractivity contribution in [2.45, 2.75) is 48.5 Å². The Kier molecular flexibility index (Phi) is 10.4. The summed E-state index contributed by atoms with van der Waals surface area (Å²) in [5, 5.41) is 2.50. The number of nitrogens with zero attached hydrogens (tertiary/aromatic N) is 1. The number of aryl methyl sites for hydroxylation is 4. The van der Waals surface area contributed by atoms with Crippen molar-refractivity contribution in [2.75, 3.05) is 0 Å². The number of aromatic nitrogens is 1. The minimum absolute atomic E-state index is 0.912. The minimum atomic E-state index is 0.912. The van der Waals surface area contributed by atoms with Crippen LogP contribution >= 0.6 is 0 Å². The van der Waals surface area contributed by atoms with Crippen LogP contribution in [0.25, 0.3) is 21.8 Å². The SMILES string of the molecule is CC.CC.Cc1ccccc1.Cc1ccccc1Oc1cc2c3ccccc3n(C)c2cc1C. The van der Waals surface area contributed by atoms with Gasteiger partial charge >= 0.3 is 0 Å². The highest BCUT2D eigenvalue weighted by Gasteiger charge is 2.12. The molecule has 0 aliphatic rings. The van der Waals surface area contributed by atoms with Gasteiger partial charge in [0.15, 0.2) is 0 Å². The number of ether oxygens (including phenoxy) is 1. The van der Waals surface area contributed by atoms with E-state index in [4.69, 9.17) is 4.74 Å². The molecule has 0 radical (unpaired) electrons. The third kappa shape index (κ3) is 6.29. The summed E-state index contributed by atoms with van der Waals surface area (Å²) in [5.74, 6) is 1.83. The molecule has 0 aliphatic carbocycles. The molecule has 0 fully saturated rings. The number of hydrogen-bond donors (Lipinski definition) is 0. The average molecular weight is 454 g/mol. The molecule has 2 heteroatoms. The van der Waals surface area contributed by atoms with E-state index in [0.717, 1.165) is 22.6 Å². The lowest BCUT2D eigenvalue weighted by molar-refractivity contribution is 0.476. The second kappa shape index (κ2) is 13.3. The van der Waals surface area contributed by atoms with E-state index in [9.17, 15) is 0 Å². The van der Waals surface area contributed by atoms with Gasteiger partial charge in [-0.15, -0.1) is 0 Å². The standard InChI is InChI=1S/C21H19NO.C7H8.2C2H6/c1-14-8-4-7-11-20(14)23-21-13-17-16-9-5-6-10-18(16)22(3)19(17)12-15(21)2;1-7-5-3-2-4-6-7;2*1-2/h4-13H,1-3H3;2-6H,1H3;2*1-2H3. The summed E-state index contributed by atoms with van der Waals surface area (Å²) in [6.45, 7) is 14.3. The first-order valence-electron chi connectivity index (χ1n) is 12.3. The van der Waals surface area contributed by atoms with Crippen LogP contribution in [0.5, 0.6) is 11.5 Å². The molecule has 0 saturated heterocycles. The summed E-state index contributed by atoms with van der Waals surface area (Å²) < 4.78 is 8.44. The minimum Gasteiger partial charge on any atom is -0.457 e. The first-order chi connectivity index (χ1) is 16.5. The van der Waals surface area contributed by atoms with Gasteiger partial charge in [-0.3, -0.25) is 0 Å². The number of hydrogen-bond acceptors (Lipinski definition) is 1. The predicted octanol–water partition coefficient (Wildman–Crippen LogP) is 9.79. The smallest absolute Gasteiger partial charge is 0.131 e. The van der Waals surface area contributed by atoms with Gasteiger partial charge in [0.2, 0.25) is 0 Å². The molecule has 0 amide bonds. The van der Waals surface area contributed by atoms with Crippen molar-refractivity contribution >= 4 is 21.8 Å². The molecule has 0 spiro atoms. The first kappa shape index (κ1) is 26.7. The van der Waals surface area contributed by atoms with Gasteiger partial charge < -0.3 is 9.30 Å². The van der Waals surface area contributed by atoms with Gasteiger partial charge in [0.05, 0.1) is 0 Å². The molecule has 0 N–H and O–H groups in total. The van der Waals surface area contributed by atoms with Crippen molar-refractivity contribution in [3.63, 3.8) is 0 Å². The summed E-state index contributed by atoms with van der Waals surface area (Å²) in [4.78, 5) is 0. The Balaban J connectivity index is 0.000000313. The maximum absolute atomic E-state index is 6.20. The zero-order valence-electron chi connectivity index (χ0n) is 22.0. The number of fused-ring (bicyclic) bond motifs is 3. The topological polar surface area (TPSA) is 14.2 Å². The summed E-state index contributed by atoms with van der Waals surface area (Å²) in [5.41, 5.74) is 6.09. The van der Waals surface area contributed by atoms with E-state index < -0.39 is 0 Å². The maximum Gasteiger partial charge on any atom is 0.131 e. The third-order valence-electron chi connectivity index (χ3n) is 5.46. The lowest BCUT2D eigenvalue weighted by Crippen LogP contribution is -1.91. The lowest BCUT2D eigenvalue weighted by Gasteiger charge is -2.11. The lowest BCUT2D eigenvalue weighted by atomic mass is 10.1. The largest absolute Gasteiger partial charge is 0.457 e. The zero-order valence-corrected chi connectivity index (χ0v) is 22.0. The van der Waals surface area contributed by atoms with Gasteiger partial charge in [0, 0.05) is 28.9 Å². The van der Waals surface area contributed by atoms with E-state index in [1.165, 1.54) is 27.4 Å². The van der Waals surface area contributed by atoms with Gasteiger partial charge in [-0.25, -0.2) is 0 Å². The van der Waals surface area contributed by atoms with E-state index in [2.05, 4.69) is 87.0 Å². The molecule has 4 aromatic carbocycles. The van der Waals surface area contributed by atoms with Gasteiger partial charge in [0.1, 0.15) is 11.5 Å². The summed E-state index contributed by atoms with van der Waals surface area (Å²) in [6, 6.07) is 31.3. The monoisotopic (exact) mass is 453 g/mol. The fraction of sp³-hybridized carbons (Fsp3) is 0.250. The molecule has 0 atom stereocenters. The van der Waals surface area contributed by atoms with Gasteiger partial charge in [0.25, 0.3) is 0 Å². The zero-order chi connectivity index (χ0) is 25.1. The molecule has 1 heterocycles. The van der Waals surface area contributed by atoms with Crippen LogP contribution in [-0.2, 0) is 7.05 Å². The van der Waals surface area contributed by atoms with Crippen molar-refractivity contribution in [3.05, 3.63) is 108 Å². The number of para-hydroxylation sites is 2. The molecule has 0 bridgehead atoms. The van der Waals surface area contributed by atoms with Crippen LogP contribution in [-0.4, -0.2) is 4.57 Å². The summed E-state index contributed by atoms with van der Waals surface area (Å²) in [6.07, 6.45) is 0. The van der Waals surface area contributed by atoms with Crippen molar-refractivity contribution in [1.82, 2.24) is 4.57 Å². The second-order valence-corrected chi connectivity index (χ2v) is 7.73. The molecule has 34 heavy (non-hydrogen) atoms. The fourth-order valence-corrected chi connectivity index (χ4v) is 3.72. The van der Waals surface area contributed by atoms with Crippen LogP contribution in [0.1, 0.15) is 44.4 Å². The van der Waals surface area contributed by atoms with E-state index in [1.807, 2.05) is 64.1 Å². The van der Waals surface area contributed by atoms with E-state index in [0.29, 0.717) is 0 Å². The Morgan fingerprint density at radius 3 is 1.74 bits per heavy atom. The van der Waals surface area contributed by atoms with Crippen LogP contribution in [0.3, 0.4) is 0 Å². The molecule has 5 rings (SSSR count). The molecule has 0 aliphatic heterocycles. The van der Waals surface area contributed by atoms with Crippen LogP contribution in [0.15, 0.2) is 91.0 Å². The predicted molar refractivity (Wildman–Crippen MR) is 150 cm³/mol. The van der Waals surface area contributed by atoms with Crippen LogP contribution < -0.4 is 4.74 Å². The number of rotatable bonds is 2. The Morgan fingerprint density at radius 1 is 0.529 bits per heavy atom. The first-order valence-corrected chi connectivity index (χ1v) is 12.3. The van der Waals surface area contributed by atoms with Crippen molar-refractivity contribution in [1.29, 1.82) is 0 Å². The van der Waals surface area contributed by atoms with Crippen LogP contribution in [0.4, 0.5) is 0 Å². The summed E-state index contributed by atoms with van der Waals surface area (Å²) >= 11 is 0. The molecular weight excluding hydrogens is 414 g/mol. The Bertz CT molecular complexity index is 1300. The highest BCUT2D eigenvalue weighted by molar-refractivity contribution is 6.08. The Hall–Kier alpha value is -3.52. The molecule has 1 aromatic heterocycles. The molecular formula is C32H39NO. The van der Waals surface area contributed by atoms with Crippen molar-refractivity contribution in [3.8, 4) is 11.5 Å². The molecule has 178 valence electrons. The Morgan fingerprint density at radius 2 is 1.12 bits per heavy atom. The third-order valence-corrected chi connectivity index (χ3v) is 5.46. The molecule has 2 nitrogen and oxygen atoms in total. The van der Waals surface area contributed by atoms with E-state index in [-0.39, 0.29) is 0 Å². The number of benzene rings is 4. The van der Waals surface area contributed by atoms with Gasteiger partial charge in [-0.05, 0) is 56.2 Å². The van der Waals surface area contributed by atoms with Crippen molar-refractivity contribution in [2.24, 2.45) is 7.05 Å². The normalized spacial score (nSPS) is 9.76. The fourth-order valence-electron chi connectivity index (χ4n) is 3.72. The molecule has 5 aromatic rings. The van der Waals surface area contributed by atoms with Gasteiger partial charge in [-0.1, -0.05) is 100.0 Å². The average Bonchev–Trinajstić information content (AvgIpc) is 3.15. The van der Waals surface area contributed by atoms with Crippen molar-refractivity contribution < 1.29 is 4.74 Å². The van der Waals surface area contributed by atoms with E-state index in [1.54, 1.807) is 0 Å². The summed E-state index contributed by atoms with van der Waals surface area (Å²) in [7, 11) is 2.12.